The third kappa shape index (κ3) is 2.46. The van der Waals surface area contributed by atoms with Gasteiger partial charge in [-0.15, -0.1) is 0 Å². The normalized spacial score (nSPS) is 28.8. The third-order valence-corrected chi connectivity index (χ3v) is 2.15. The van der Waals surface area contributed by atoms with E-state index in [9.17, 15) is 4.79 Å². The summed E-state index contributed by atoms with van der Waals surface area (Å²) in [5.41, 5.74) is 5.73. The Morgan fingerprint density at radius 3 is 2.83 bits per heavy atom. The van der Waals surface area contributed by atoms with E-state index in [-0.39, 0.29) is 24.7 Å². The molecule has 1 fully saturated rings. The second kappa shape index (κ2) is 4.42. The summed E-state index contributed by atoms with van der Waals surface area (Å²) in [6, 6.07) is 0.0923. The average molecular weight is 173 g/mol. The average Bonchev–Trinajstić information content (AvgIpc) is 2.47. The lowest BCUT2D eigenvalue weighted by Gasteiger charge is -2.14. The topological polar surface area (TPSA) is 61.5 Å². The summed E-state index contributed by atoms with van der Waals surface area (Å²) in [7, 11) is 1.35. The summed E-state index contributed by atoms with van der Waals surface area (Å²) in [4.78, 5) is 10.7. The largest absolute Gasteiger partial charge is 0.467 e. The minimum atomic E-state index is -0.339. The van der Waals surface area contributed by atoms with Gasteiger partial charge in [-0.2, -0.15) is 0 Å². The van der Waals surface area contributed by atoms with E-state index in [1.165, 1.54) is 7.11 Å². The van der Waals surface area contributed by atoms with Crippen molar-refractivity contribution in [2.75, 3.05) is 13.7 Å². The number of esters is 1. The van der Waals surface area contributed by atoms with Crippen molar-refractivity contribution in [2.45, 2.75) is 31.4 Å². The van der Waals surface area contributed by atoms with Gasteiger partial charge in [-0.25, -0.2) is 4.79 Å². The molecular formula is C8H15NO3. The summed E-state index contributed by atoms with van der Waals surface area (Å²) >= 11 is 0. The van der Waals surface area contributed by atoms with E-state index in [1.807, 2.05) is 0 Å². The highest BCUT2D eigenvalue weighted by atomic mass is 16.6. The number of rotatable bonds is 3. The van der Waals surface area contributed by atoms with E-state index in [0.29, 0.717) is 0 Å². The molecule has 0 spiro atoms. The van der Waals surface area contributed by atoms with Gasteiger partial charge in [0.1, 0.15) is 6.61 Å². The van der Waals surface area contributed by atoms with Crippen LogP contribution in [0, 0.1) is 0 Å². The highest BCUT2D eigenvalue weighted by Gasteiger charge is 2.25. The van der Waals surface area contributed by atoms with Gasteiger partial charge in [0.05, 0.1) is 13.2 Å². The summed E-state index contributed by atoms with van der Waals surface area (Å²) in [6.07, 6.45) is 3.08. The molecule has 0 saturated heterocycles. The maximum Gasteiger partial charge on any atom is 0.331 e. The van der Waals surface area contributed by atoms with E-state index >= 15 is 0 Å². The van der Waals surface area contributed by atoms with Crippen LogP contribution in [0.15, 0.2) is 0 Å². The predicted molar refractivity (Wildman–Crippen MR) is 43.6 cm³/mol. The second-order valence-electron chi connectivity index (χ2n) is 3.02. The molecule has 2 unspecified atom stereocenters. The molecule has 1 aliphatic rings. The molecule has 70 valence electrons. The number of carbonyl (C=O) groups excluding carboxylic acids is 1. The van der Waals surface area contributed by atoms with Gasteiger partial charge >= 0.3 is 5.97 Å². The van der Waals surface area contributed by atoms with E-state index in [4.69, 9.17) is 10.5 Å². The predicted octanol–water partition coefficient (Wildman–Crippen LogP) is 0.0558. The summed E-state index contributed by atoms with van der Waals surface area (Å²) in [5.74, 6) is -0.339. The summed E-state index contributed by atoms with van der Waals surface area (Å²) in [6.45, 7) is 0.0227. The molecule has 2 N–H and O–H groups in total. The standard InChI is InChI=1S/C8H15NO3/c1-11-8(10)5-12-7-4-2-3-6(7)9/h6-7H,2-5,9H2,1H3. The van der Waals surface area contributed by atoms with Crippen molar-refractivity contribution in [3.05, 3.63) is 0 Å². The Morgan fingerprint density at radius 1 is 1.58 bits per heavy atom. The molecule has 2 atom stereocenters. The number of hydrogen-bond donors (Lipinski definition) is 1. The summed E-state index contributed by atoms with van der Waals surface area (Å²) in [5, 5.41) is 0. The SMILES string of the molecule is COC(=O)COC1CCCC1N. The highest BCUT2D eigenvalue weighted by molar-refractivity contribution is 5.70. The number of hydrogen-bond acceptors (Lipinski definition) is 4. The van der Waals surface area contributed by atoms with E-state index in [1.54, 1.807) is 0 Å². The quantitative estimate of drug-likeness (QED) is 0.613. The molecule has 1 saturated carbocycles. The zero-order chi connectivity index (χ0) is 8.97. The minimum Gasteiger partial charge on any atom is -0.467 e. The van der Waals surface area contributed by atoms with Gasteiger partial charge in [0, 0.05) is 6.04 Å². The van der Waals surface area contributed by atoms with Crippen LogP contribution in [0.4, 0.5) is 0 Å². The Hall–Kier alpha value is -0.610. The lowest BCUT2D eigenvalue weighted by atomic mass is 10.2. The Balaban J connectivity index is 2.18. The second-order valence-corrected chi connectivity index (χ2v) is 3.02. The smallest absolute Gasteiger partial charge is 0.331 e. The van der Waals surface area contributed by atoms with Crippen LogP contribution in [-0.4, -0.2) is 31.8 Å². The molecule has 0 radical (unpaired) electrons. The maximum atomic E-state index is 10.7. The lowest BCUT2D eigenvalue weighted by Crippen LogP contribution is -2.33. The molecule has 0 aromatic carbocycles. The van der Waals surface area contributed by atoms with Crippen LogP contribution in [0.5, 0.6) is 0 Å². The molecule has 1 aliphatic carbocycles. The highest BCUT2D eigenvalue weighted by Crippen LogP contribution is 2.19. The van der Waals surface area contributed by atoms with E-state index in [2.05, 4.69) is 4.74 Å². The summed E-state index contributed by atoms with van der Waals surface area (Å²) < 4.78 is 9.71. The first-order valence-corrected chi connectivity index (χ1v) is 4.18. The van der Waals surface area contributed by atoms with Gasteiger partial charge in [0.2, 0.25) is 0 Å². The molecule has 1 rings (SSSR count). The first kappa shape index (κ1) is 9.48. The lowest BCUT2D eigenvalue weighted by molar-refractivity contribution is -0.148. The zero-order valence-corrected chi connectivity index (χ0v) is 7.29. The molecule has 4 heteroatoms. The Kier molecular flexibility index (Phi) is 3.49. The molecular weight excluding hydrogens is 158 g/mol. The van der Waals surface area contributed by atoms with Crippen molar-refractivity contribution in [3.8, 4) is 0 Å². The molecule has 4 nitrogen and oxygen atoms in total. The van der Waals surface area contributed by atoms with Crippen molar-refractivity contribution in [3.63, 3.8) is 0 Å². The maximum absolute atomic E-state index is 10.7. The molecule has 12 heavy (non-hydrogen) atoms. The van der Waals surface area contributed by atoms with Crippen LogP contribution in [0.3, 0.4) is 0 Å². The van der Waals surface area contributed by atoms with Crippen molar-refractivity contribution in [1.82, 2.24) is 0 Å². The number of methoxy groups -OCH3 is 1. The van der Waals surface area contributed by atoms with Crippen LogP contribution < -0.4 is 5.73 Å². The monoisotopic (exact) mass is 173 g/mol. The third-order valence-electron chi connectivity index (χ3n) is 2.15. The van der Waals surface area contributed by atoms with Crippen molar-refractivity contribution in [2.24, 2.45) is 5.73 Å². The van der Waals surface area contributed by atoms with Crippen LogP contribution in [0.1, 0.15) is 19.3 Å². The van der Waals surface area contributed by atoms with Crippen molar-refractivity contribution in [1.29, 1.82) is 0 Å². The van der Waals surface area contributed by atoms with Gasteiger partial charge in [0.15, 0.2) is 0 Å². The molecule has 0 amide bonds. The minimum absolute atomic E-state index is 0.0227. The van der Waals surface area contributed by atoms with E-state index in [0.717, 1.165) is 19.3 Å². The fourth-order valence-corrected chi connectivity index (χ4v) is 1.40. The Morgan fingerprint density at radius 2 is 2.33 bits per heavy atom. The van der Waals surface area contributed by atoms with Crippen molar-refractivity contribution >= 4 is 5.97 Å². The van der Waals surface area contributed by atoms with Crippen LogP contribution in [0.2, 0.25) is 0 Å². The fraction of sp³-hybridized carbons (Fsp3) is 0.875. The van der Waals surface area contributed by atoms with Gasteiger partial charge in [-0.05, 0) is 19.3 Å². The number of nitrogens with two attached hydrogens (primary N) is 1. The van der Waals surface area contributed by atoms with Crippen molar-refractivity contribution < 1.29 is 14.3 Å². The first-order chi connectivity index (χ1) is 5.74. The van der Waals surface area contributed by atoms with Crippen LogP contribution in [0.25, 0.3) is 0 Å². The Bertz CT molecular complexity index is 160. The molecule has 0 heterocycles. The first-order valence-electron chi connectivity index (χ1n) is 4.18. The van der Waals surface area contributed by atoms with Gasteiger partial charge < -0.3 is 15.2 Å². The molecule has 0 aromatic rings. The van der Waals surface area contributed by atoms with Crippen LogP contribution in [-0.2, 0) is 14.3 Å². The zero-order valence-electron chi connectivity index (χ0n) is 7.29. The molecule has 0 aromatic heterocycles. The molecule has 0 bridgehead atoms. The van der Waals surface area contributed by atoms with Gasteiger partial charge in [-0.3, -0.25) is 0 Å². The number of ether oxygens (including phenoxy) is 2. The Labute approximate surface area is 72.0 Å². The van der Waals surface area contributed by atoms with Crippen LogP contribution >= 0.6 is 0 Å². The van der Waals surface area contributed by atoms with Gasteiger partial charge in [-0.1, -0.05) is 0 Å². The number of carbonyl (C=O) groups is 1. The van der Waals surface area contributed by atoms with E-state index < -0.39 is 0 Å². The molecule has 0 aliphatic heterocycles. The fourth-order valence-electron chi connectivity index (χ4n) is 1.40. The van der Waals surface area contributed by atoms with Gasteiger partial charge in [0.25, 0.3) is 0 Å².